The molecule has 1 N–H and O–H groups in total. The first-order chi connectivity index (χ1) is 8.72. The molecular weight excluding hydrogens is 226 g/mol. The van der Waals surface area contributed by atoms with Crippen molar-refractivity contribution in [1.82, 2.24) is 15.1 Å². The molecule has 1 aromatic heterocycles. The molecule has 0 bridgehead atoms. The number of rotatable bonds is 7. The highest BCUT2D eigenvalue weighted by Crippen LogP contribution is 2.05. The molecule has 1 aromatic rings. The molecule has 1 heterocycles. The Labute approximate surface area is 109 Å². The topological polar surface area (TPSA) is 46.9 Å². The minimum Gasteiger partial charge on any atom is -0.351 e. The molecule has 1 amide bonds. The second kappa shape index (κ2) is 7.54. The summed E-state index contributed by atoms with van der Waals surface area (Å²) in [6.45, 7) is 5.39. The minimum atomic E-state index is -0.0512. The quantitative estimate of drug-likeness (QED) is 0.591. The Bertz CT molecular complexity index is 429. The summed E-state index contributed by atoms with van der Waals surface area (Å²) in [7, 11) is 0. The van der Waals surface area contributed by atoms with Crippen LogP contribution in [0.15, 0.2) is 6.07 Å². The average Bonchev–Trinajstić information content (AvgIpc) is 2.81. The number of nitrogens with zero attached hydrogens (tertiary/aromatic N) is 2. The summed E-state index contributed by atoms with van der Waals surface area (Å²) in [5, 5.41) is 7.26. The molecule has 4 heteroatoms. The van der Waals surface area contributed by atoms with Crippen LogP contribution in [0.1, 0.15) is 49.3 Å². The summed E-state index contributed by atoms with van der Waals surface area (Å²) < 4.78 is 1.75. The van der Waals surface area contributed by atoms with Gasteiger partial charge in [0.25, 0.3) is 5.91 Å². The van der Waals surface area contributed by atoms with Crippen LogP contribution in [0, 0.1) is 12.3 Å². The van der Waals surface area contributed by atoms with Gasteiger partial charge in [-0.2, -0.15) is 5.10 Å². The van der Waals surface area contributed by atoms with Gasteiger partial charge in [-0.25, -0.2) is 0 Å². The Balaban J connectivity index is 2.50. The van der Waals surface area contributed by atoms with Gasteiger partial charge in [0.2, 0.25) is 0 Å². The smallest absolute Gasteiger partial charge is 0.269 e. The van der Waals surface area contributed by atoms with E-state index in [2.05, 4.69) is 16.3 Å². The van der Waals surface area contributed by atoms with E-state index in [0.29, 0.717) is 18.8 Å². The van der Waals surface area contributed by atoms with E-state index in [-0.39, 0.29) is 5.91 Å². The standard InChI is InChI=1S/C14H21N3O/c1-4-7-8-9-10-15-14(18)13-11-12(5-2)16-17(13)6-3/h1,11H,5-10H2,2-3H3,(H,15,18). The number of hydrogen-bond acceptors (Lipinski definition) is 2. The molecule has 0 aliphatic carbocycles. The highest BCUT2D eigenvalue weighted by atomic mass is 16.2. The fraction of sp³-hybridized carbons (Fsp3) is 0.571. The number of carbonyl (C=O) groups excluding carboxylic acids is 1. The van der Waals surface area contributed by atoms with Crippen molar-refractivity contribution in [2.75, 3.05) is 6.54 Å². The molecule has 0 aliphatic heterocycles. The molecule has 0 saturated heterocycles. The van der Waals surface area contributed by atoms with Crippen LogP contribution in [0.5, 0.6) is 0 Å². The van der Waals surface area contributed by atoms with E-state index in [9.17, 15) is 4.79 Å². The van der Waals surface area contributed by atoms with Crippen molar-refractivity contribution in [2.24, 2.45) is 0 Å². The Morgan fingerprint density at radius 1 is 1.50 bits per heavy atom. The van der Waals surface area contributed by atoms with E-state index < -0.39 is 0 Å². The summed E-state index contributed by atoms with van der Waals surface area (Å²) in [4.78, 5) is 12.0. The number of terminal acetylenes is 1. The zero-order valence-electron chi connectivity index (χ0n) is 11.2. The van der Waals surface area contributed by atoms with Crippen LogP contribution in [0.4, 0.5) is 0 Å². The van der Waals surface area contributed by atoms with Gasteiger partial charge in [0, 0.05) is 19.5 Å². The summed E-state index contributed by atoms with van der Waals surface area (Å²) in [6, 6.07) is 1.86. The van der Waals surface area contributed by atoms with Crippen molar-refractivity contribution in [3.63, 3.8) is 0 Å². The minimum absolute atomic E-state index is 0.0512. The molecule has 0 unspecified atom stereocenters. The van der Waals surface area contributed by atoms with E-state index in [0.717, 1.165) is 31.4 Å². The fourth-order valence-corrected chi connectivity index (χ4v) is 1.71. The number of aromatic nitrogens is 2. The molecule has 0 spiro atoms. The molecule has 0 atom stereocenters. The number of aryl methyl sites for hydroxylation is 2. The first-order valence-electron chi connectivity index (χ1n) is 6.51. The lowest BCUT2D eigenvalue weighted by atomic mass is 10.2. The zero-order valence-corrected chi connectivity index (χ0v) is 11.2. The van der Waals surface area contributed by atoms with Crippen LogP contribution >= 0.6 is 0 Å². The molecule has 0 fully saturated rings. The van der Waals surface area contributed by atoms with Crippen LogP contribution in [-0.2, 0) is 13.0 Å². The molecule has 4 nitrogen and oxygen atoms in total. The lowest BCUT2D eigenvalue weighted by Crippen LogP contribution is -2.27. The molecule has 0 aliphatic rings. The van der Waals surface area contributed by atoms with Crippen LogP contribution < -0.4 is 5.32 Å². The van der Waals surface area contributed by atoms with Crippen molar-refractivity contribution in [2.45, 2.75) is 46.1 Å². The van der Waals surface area contributed by atoms with E-state index in [1.165, 1.54) is 0 Å². The normalized spacial score (nSPS) is 10.1. The maximum Gasteiger partial charge on any atom is 0.269 e. The van der Waals surface area contributed by atoms with Gasteiger partial charge in [-0.1, -0.05) is 6.92 Å². The summed E-state index contributed by atoms with van der Waals surface area (Å²) >= 11 is 0. The Morgan fingerprint density at radius 2 is 2.28 bits per heavy atom. The monoisotopic (exact) mass is 247 g/mol. The molecule has 0 radical (unpaired) electrons. The highest BCUT2D eigenvalue weighted by molar-refractivity contribution is 5.92. The summed E-state index contributed by atoms with van der Waals surface area (Å²) in [5.74, 6) is 2.54. The van der Waals surface area contributed by atoms with Crippen molar-refractivity contribution < 1.29 is 4.79 Å². The average molecular weight is 247 g/mol. The van der Waals surface area contributed by atoms with Gasteiger partial charge in [-0.3, -0.25) is 9.48 Å². The maximum atomic E-state index is 12.0. The van der Waals surface area contributed by atoms with Crippen LogP contribution in [0.25, 0.3) is 0 Å². The summed E-state index contributed by atoms with van der Waals surface area (Å²) in [6.07, 6.45) is 8.64. The third kappa shape index (κ3) is 3.92. The van der Waals surface area contributed by atoms with E-state index in [1.807, 2.05) is 19.9 Å². The van der Waals surface area contributed by atoms with Crippen molar-refractivity contribution >= 4 is 5.91 Å². The molecule has 1 rings (SSSR count). The first-order valence-corrected chi connectivity index (χ1v) is 6.51. The second-order valence-corrected chi connectivity index (χ2v) is 4.11. The van der Waals surface area contributed by atoms with Crippen LogP contribution in [0.2, 0.25) is 0 Å². The number of nitrogens with one attached hydrogen (secondary N) is 1. The molecule has 18 heavy (non-hydrogen) atoms. The third-order valence-corrected chi connectivity index (χ3v) is 2.76. The lowest BCUT2D eigenvalue weighted by Gasteiger charge is -2.05. The Morgan fingerprint density at radius 3 is 2.89 bits per heavy atom. The highest BCUT2D eigenvalue weighted by Gasteiger charge is 2.12. The molecule has 0 aromatic carbocycles. The summed E-state index contributed by atoms with van der Waals surface area (Å²) in [5.41, 5.74) is 1.60. The molecule has 0 saturated carbocycles. The molecular formula is C14H21N3O. The first kappa shape index (κ1) is 14.3. The van der Waals surface area contributed by atoms with Crippen LogP contribution in [0.3, 0.4) is 0 Å². The van der Waals surface area contributed by atoms with Gasteiger partial charge in [-0.05, 0) is 32.3 Å². The van der Waals surface area contributed by atoms with Gasteiger partial charge in [0.1, 0.15) is 5.69 Å². The SMILES string of the molecule is C#CCCCCNC(=O)c1cc(CC)nn1CC. The Hall–Kier alpha value is -1.76. The largest absolute Gasteiger partial charge is 0.351 e. The predicted octanol–water partition coefficient (Wildman–Crippen LogP) is 2.00. The zero-order chi connectivity index (χ0) is 13.4. The van der Waals surface area contributed by atoms with E-state index >= 15 is 0 Å². The van der Waals surface area contributed by atoms with Gasteiger partial charge in [-0.15, -0.1) is 12.3 Å². The number of unbranched alkanes of at least 4 members (excludes halogenated alkanes) is 2. The maximum absolute atomic E-state index is 12.0. The van der Waals surface area contributed by atoms with Gasteiger partial charge < -0.3 is 5.32 Å². The van der Waals surface area contributed by atoms with Crippen molar-refractivity contribution in [1.29, 1.82) is 0 Å². The third-order valence-electron chi connectivity index (χ3n) is 2.76. The lowest BCUT2D eigenvalue weighted by molar-refractivity contribution is 0.0942. The van der Waals surface area contributed by atoms with Crippen molar-refractivity contribution in [3.05, 3.63) is 17.5 Å². The fourth-order valence-electron chi connectivity index (χ4n) is 1.71. The van der Waals surface area contributed by atoms with E-state index in [1.54, 1.807) is 4.68 Å². The van der Waals surface area contributed by atoms with Crippen molar-refractivity contribution in [3.8, 4) is 12.3 Å². The molecule has 98 valence electrons. The van der Waals surface area contributed by atoms with Crippen LogP contribution in [-0.4, -0.2) is 22.2 Å². The van der Waals surface area contributed by atoms with Gasteiger partial charge >= 0.3 is 0 Å². The van der Waals surface area contributed by atoms with Gasteiger partial charge in [0.15, 0.2) is 0 Å². The number of hydrogen-bond donors (Lipinski definition) is 1. The van der Waals surface area contributed by atoms with Gasteiger partial charge in [0.05, 0.1) is 5.69 Å². The Kier molecular flexibility index (Phi) is 5.99. The predicted molar refractivity (Wildman–Crippen MR) is 72.3 cm³/mol. The van der Waals surface area contributed by atoms with E-state index in [4.69, 9.17) is 6.42 Å². The number of amides is 1. The number of carbonyl (C=O) groups is 1. The second-order valence-electron chi connectivity index (χ2n) is 4.11.